The number of hydrogen-bond donors (Lipinski definition) is 1. The first kappa shape index (κ1) is 13.4. The molecule has 0 bridgehead atoms. The van der Waals surface area contributed by atoms with Gasteiger partial charge in [0.15, 0.2) is 0 Å². The van der Waals surface area contributed by atoms with Gasteiger partial charge < -0.3 is 9.84 Å². The van der Waals surface area contributed by atoms with E-state index in [9.17, 15) is 4.79 Å². The smallest absolute Gasteiger partial charge is 0.354 e. The number of rotatable bonds is 5. The fourth-order valence-electron chi connectivity index (χ4n) is 1.54. The molecule has 0 aliphatic rings. The van der Waals surface area contributed by atoms with Crippen LogP contribution in [0.2, 0.25) is 0 Å². The highest BCUT2D eigenvalue weighted by atomic mass is 32.2. The Bertz CT molecular complexity index is 586. The van der Waals surface area contributed by atoms with Crippen LogP contribution in [0.5, 0.6) is 5.75 Å². The molecular formula is C14H13NO3S. The molecule has 0 radical (unpaired) electrons. The second-order valence-corrected chi connectivity index (χ2v) is 4.87. The van der Waals surface area contributed by atoms with Crippen molar-refractivity contribution in [3.63, 3.8) is 0 Å². The van der Waals surface area contributed by atoms with Gasteiger partial charge in [0, 0.05) is 16.8 Å². The third kappa shape index (κ3) is 3.72. The van der Waals surface area contributed by atoms with Crippen molar-refractivity contribution in [1.82, 2.24) is 4.98 Å². The van der Waals surface area contributed by atoms with E-state index in [1.165, 1.54) is 6.20 Å². The molecule has 0 amide bonds. The quantitative estimate of drug-likeness (QED) is 0.850. The number of pyridine rings is 1. The van der Waals surface area contributed by atoms with Crippen LogP contribution in [0.3, 0.4) is 0 Å². The van der Waals surface area contributed by atoms with Crippen molar-refractivity contribution in [2.75, 3.05) is 7.11 Å². The Morgan fingerprint density at radius 1 is 1.37 bits per heavy atom. The van der Waals surface area contributed by atoms with E-state index < -0.39 is 5.97 Å². The van der Waals surface area contributed by atoms with Gasteiger partial charge in [-0.05, 0) is 35.9 Å². The molecule has 0 unspecified atom stereocenters. The second kappa shape index (κ2) is 6.24. The minimum absolute atomic E-state index is 0.0729. The van der Waals surface area contributed by atoms with Crippen molar-refractivity contribution < 1.29 is 14.6 Å². The molecule has 2 rings (SSSR count). The summed E-state index contributed by atoms with van der Waals surface area (Å²) in [5.41, 5.74) is 1.00. The Morgan fingerprint density at radius 3 is 2.95 bits per heavy atom. The molecule has 2 aromatic rings. The Kier molecular flexibility index (Phi) is 4.41. The molecule has 1 aromatic carbocycles. The molecule has 98 valence electrons. The number of carboxylic acids is 1. The standard InChI is InChI=1S/C14H13NO3S/c1-18-11-3-2-4-12(8-11)19-9-10-5-6-15-13(7-10)14(16)17/h2-8H,9H2,1H3,(H,16,17). The zero-order chi connectivity index (χ0) is 13.7. The molecular weight excluding hydrogens is 262 g/mol. The Morgan fingerprint density at radius 2 is 2.21 bits per heavy atom. The fraction of sp³-hybridized carbons (Fsp3) is 0.143. The maximum absolute atomic E-state index is 10.8. The lowest BCUT2D eigenvalue weighted by atomic mass is 10.2. The number of carboxylic acid groups (broad SMARTS) is 1. The monoisotopic (exact) mass is 275 g/mol. The van der Waals surface area contributed by atoms with Gasteiger partial charge in [-0.2, -0.15) is 0 Å². The summed E-state index contributed by atoms with van der Waals surface area (Å²) in [5, 5.41) is 8.88. The number of aromatic nitrogens is 1. The molecule has 0 saturated carbocycles. The number of benzene rings is 1. The number of nitrogens with zero attached hydrogens (tertiary/aromatic N) is 1. The molecule has 0 atom stereocenters. The van der Waals surface area contributed by atoms with E-state index in [0.29, 0.717) is 5.75 Å². The molecule has 0 aliphatic heterocycles. The van der Waals surface area contributed by atoms with Gasteiger partial charge in [-0.1, -0.05) is 6.07 Å². The third-order valence-electron chi connectivity index (χ3n) is 2.49. The molecule has 1 heterocycles. The van der Waals surface area contributed by atoms with E-state index in [4.69, 9.17) is 9.84 Å². The Hall–Kier alpha value is -2.01. The molecule has 19 heavy (non-hydrogen) atoms. The Labute approximate surface area is 115 Å². The van der Waals surface area contributed by atoms with Crippen LogP contribution in [0, 0.1) is 0 Å². The van der Waals surface area contributed by atoms with E-state index in [0.717, 1.165) is 16.2 Å². The van der Waals surface area contributed by atoms with Gasteiger partial charge in [0.2, 0.25) is 0 Å². The lowest BCUT2D eigenvalue weighted by molar-refractivity contribution is 0.0690. The van der Waals surface area contributed by atoms with E-state index in [2.05, 4.69) is 4.98 Å². The second-order valence-electron chi connectivity index (χ2n) is 3.82. The van der Waals surface area contributed by atoms with E-state index in [1.807, 2.05) is 30.3 Å². The van der Waals surface area contributed by atoms with Crippen LogP contribution in [0.15, 0.2) is 47.5 Å². The lowest BCUT2D eigenvalue weighted by Gasteiger charge is -2.05. The van der Waals surface area contributed by atoms with Crippen LogP contribution < -0.4 is 4.74 Å². The highest BCUT2D eigenvalue weighted by molar-refractivity contribution is 7.98. The van der Waals surface area contributed by atoms with Gasteiger partial charge in [-0.15, -0.1) is 11.8 Å². The van der Waals surface area contributed by atoms with Crippen LogP contribution in [0.1, 0.15) is 16.1 Å². The van der Waals surface area contributed by atoms with Crippen molar-refractivity contribution in [2.45, 2.75) is 10.6 Å². The maximum atomic E-state index is 10.8. The van der Waals surface area contributed by atoms with Crippen LogP contribution >= 0.6 is 11.8 Å². The van der Waals surface area contributed by atoms with Gasteiger partial charge in [-0.25, -0.2) is 9.78 Å². The fourth-order valence-corrected chi connectivity index (χ4v) is 2.43. The van der Waals surface area contributed by atoms with Gasteiger partial charge in [-0.3, -0.25) is 0 Å². The number of methoxy groups -OCH3 is 1. The zero-order valence-electron chi connectivity index (χ0n) is 10.4. The summed E-state index contributed by atoms with van der Waals surface area (Å²) >= 11 is 1.62. The van der Waals surface area contributed by atoms with Crippen molar-refractivity contribution >= 4 is 17.7 Å². The summed E-state index contributed by atoms with van der Waals surface area (Å²) < 4.78 is 5.16. The molecule has 1 N–H and O–H groups in total. The van der Waals surface area contributed by atoms with Crippen LogP contribution in [0.4, 0.5) is 0 Å². The molecule has 1 aromatic heterocycles. The summed E-state index contributed by atoms with van der Waals surface area (Å²) in [5.74, 6) is 0.495. The summed E-state index contributed by atoms with van der Waals surface area (Å²) in [6.45, 7) is 0. The maximum Gasteiger partial charge on any atom is 0.354 e. The molecule has 4 nitrogen and oxygen atoms in total. The number of ether oxygens (including phenoxy) is 1. The lowest BCUT2D eigenvalue weighted by Crippen LogP contribution is -2.00. The predicted molar refractivity (Wildman–Crippen MR) is 73.8 cm³/mol. The molecule has 0 spiro atoms. The highest BCUT2D eigenvalue weighted by Gasteiger charge is 2.05. The van der Waals surface area contributed by atoms with Crippen molar-refractivity contribution in [2.24, 2.45) is 0 Å². The number of hydrogen-bond acceptors (Lipinski definition) is 4. The first-order valence-corrected chi connectivity index (χ1v) is 6.62. The first-order chi connectivity index (χ1) is 9.19. The summed E-state index contributed by atoms with van der Waals surface area (Å²) in [7, 11) is 1.63. The van der Waals surface area contributed by atoms with E-state index >= 15 is 0 Å². The number of aromatic carboxylic acids is 1. The minimum Gasteiger partial charge on any atom is -0.497 e. The molecule has 5 heteroatoms. The summed E-state index contributed by atoms with van der Waals surface area (Å²) in [6.07, 6.45) is 1.52. The van der Waals surface area contributed by atoms with Crippen LogP contribution in [0.25, 0.3) is 0 Å². The minimum atomic E-state index is -1.01. The van der Waals surface area contributed by atoms with Crippen molar-refractivity contribution in [1.29, 1.82) is 0 Å². The Balaban J connectivity index is 2.05. The van der Waals surface area contributed by atoms with Gasteiger partial charge in [0.05, 0.1) is 7.11 Å². The SMILES string of the molecule is COc1cccc(SCc2ccnc(C(=O)O)c2)c1. The average Bonchev–Trinajstić information content (AvgIpc) is 2.45. The molecule has 0 saturated heterocycles. The van der Waals surface area contributed by atoms with E-state index in [1.54, 1.807) is 24.9 Å². The van der Waals surface area contributed by atoms with Gasteiger partial charge >= 0.3 is 5.97 Å². The van der Waals surface area contributed by atoms with Crippen molar-refractivity contribution in [3.8, 4) is 5.75 Å². The zero-order valence-corrected chi connectivity index (χ0v) is 11.2. The normalized spacial score (nSPS) is 10.2. The van der Waals surface area contributed by atoms with E-state index in [-0.39, 0.29) is 5.69 Å². The average molecular weight is 275 g/mol. The summed E-state index contributed by atoms with van der Waals surface area (Å²) in [4.78, 5) is 15.7. The number of thioether (sulfide) groups is 1. The van der Waals surface area contributed by atoms with Gasteiger partial charge in [0.1, 0.15) is 11.4 Å². The predicted octanol–water partition coefficient (Wildman–Crippen LogP) is 3.08. The molecule has 0 aliphatic carbocycles. The van der Waals surface area contributed by atoms with Crippen LogP contribution in [-0.2, 0) is 5.75 Å². The topological polar surface area (TPSA) is 59.4 Å². The summed E-state index contributed by atoms with van der Waals surface area (Å²) in [6, 6.07) is 11.2. The highest BCUT2D eigenvalue weighted by Crippen LogP contribution is 2.26. The van der Waals surface area contributed by atoms with Crippen molar-refractivity contribution in [3.05, 3.63) is 53.9 Å². The third-order valence-corrected chi connectivity index (χ3v) is 3.56. The first-order valence-electron chi connectivity index (χ1n) is 5.64. The number of carbonyl (C=O) groups is 1. The molecule has 0 fully saturated rings. The van der Waals surface area contributed by atoms with Gasteiger partial charge in [0.25, 0.3) is 0 Å². The largest absolute Gasteiger partial charge is 0.497 e. The van der Waals surface area contributed by atoms with Crippen LogP contribution in [-0.4, -0.2) is 23.2 Å².